The zero-order chi connectivity index (χ0) is 14.9. The summed E-state index contributed by atoms with van der Waals surface area (Å²) < 4.78 is 0. The quantitative estimate of drug-likeness (QED) is 0.910. The second-order valence-electron chi connectivity index (χ2n) is 4.47. The molecule has 0 bridgehead atoms. The third kappa shape index (κ3) is 2.85. The number of hydrogen-bond donors (Lipinski definition) is 2. The summed E-state index contributed by atoms with van der Waals surface area (Å²) in [5.74, 6) is -1.27. The van der Waals surface area contributed by atoms with Crippen LogP contribution in [-0.4, -0.2) is 22.0 Å². The van der Waals surface area contributed by atoms with Crippen LogP contribution in [-0.2, 0) is 0 Å². The smallest absolute Gasteiger partial charge is 0.346 e. The van der Waals surface area contributed by atoms with E-state index in [1.54, 1.807) is 32.0 Å². The van der Waals surface area contributed by atoms with Crippen molar-refractivity contribution < 1.29 is 14.7 Å². The van der Waals surface area contributed by atoms with Crippen LogP contribution in [0.3, 0.4) is 0 Å². The van der Waals surface area contributed by atoms with Crippen molar-refractivity contribution in [3.63, 3.8) is 0 Å². The lowest BCUT2D eigenvalue weighted by molar-refractivity contribution is 0.0701. The molecule has 2 aromatic rings. The number of thiophene rings is 1. The van der Waals surface area contributed by atoms with E-state index < -0.39 is 5.97 Å². The van der Waals surface area contributed by atoms with E-state index in [1.165, 1.54) is 0 Å². The summed E-state index contributed by atoms with van der Waals surface area (Å²) in [6.45, 7) is 5.33. The van der Waals surface area contributed by atoms with E-state index in [2.05, 4.69) is 10.3 Å². The average molecular weight is 290 g/mol. The summed E-state index contributed by atoms with van der Waals surface area (Å²) in [5.41, 5.74) is 2.61. The van der Waals surface area contributed by atoms with Gasteiger partial charge in [0, 0.05) is 5.69 Å². The Morgan fingerprint density at radius 3 is 2.50 bits per heavy atom. The molecule has 1 amide bonds. The number of carbonyl (C=O) groups excluding carboxylic acids is 1. The van der Waals surface area contributed by atoms with E-state index in [9.17, 15) is 9.59 Å². The maximum Gasteiger partial charge on any atom is 0.346 e. The Morgan fingerprint density at radius 1 is 1.25 bits per heavy atom. The summed E-state index contributed by atoms with van der Waals surface area (Å²) in [6, 6.07) is 5.14. The van der Waals surface area contributed by atoms with Crippen LogP contribution in [0.15, 0.2) is 18.2 Å². The largest absolute Gasteiger partial charge is 0.477 e. The number of anilines is 1. The highest BCUT2D eigenvalue weighted by Gasteiger charge is 2.15. The Balaban J connectivity index is 2.23. The van der Waals surface area contributed by atoms with Crippen LogP contribution in [0.25, 0.3) is 0 Å². The Labute approximate surface area is 120 Å². The molecule has 0 saturated carbocycles. The highest BCUT2D eigenvalue weighted by molar-refractivity contribution is 7.18. The number of aryl methyl sites for hydroxylation is 3. The number of carboxylic acids is 1. The fourth-order valence-electron chi connectivity index (χ4n) is 1.86. The number of nitrogens with zero attached hydrogens (tertiary/aromatic N) is 1. The van der Waals surface area contributed by atoms with Gasteiger partial charge in [-0.3, -0.25) is 9.78 Å². The average Bonchev–Trinajstić information content (AvgIpc) is 2.70. The third-order valence-electron chi connectivity index (χ3n) is 2.82. The van der Waals surface area contributed by atoms with Gasteiger partial charge in [0.15, 0.2) is 0 Å². The number of aromatic nitrogens is 1. The molecule has 0 aliphatic rings. The summed E-state index contributed by atoms with van der Waals surface area (Å²) in [6.07, 6.45) is 0. The van der Waals surface area contributed by atoms with Gasteiger partial charge in [-0.1, -0.05) is 0 Å². The Hall–Kier alpha value is -2.21. The second-order valence-corrected chi connectivity index (χ2v) is 5.52. The first kappa shape index (κ1) is 14.2. The molecule has 2 rings (SSSR count). The van der Waals surface area contributed by atoms with Crippen molar-refractivity contribution in [1.82, 2.24) is 4.98 Å². The second kappa shape index (κ2) is 5.42. The van der Waals surface area contributed by atoms with Crippen LogP contribution < -0.4 is 5.32 Å². The minimum absolute atomic E-state index is 0.235. The SMILES string of the molecule is Cc1ccc(C(=O)Nc2cc(C)c(C(=O)O)s2)c(C)n1. The molecular weight excluding hydrogens is 276 g/mol. The molecule has 0 atom stereocenters. The summed E-state index contributed by atoms with van der Waals surface area (Å²) >= 11 is 1.05. The maximum absolute atomic E-state index is 12.1. The molecule has 0 spiro atoms. The van der Waals surface area contributed by atoms with Crippen LogP contribution in [0.1, 0.15) is 37.0 Å². The van der Waals surface area contributed by atoms with Crippen LogP contribution in [0.2, 0.25) is 0 Å². The van der Waals surface area contributed by atoms with Gasteiger partial charge in [-0.2, -0.15) is 0 Å². The maximum atomic E-state index is 12.1. The first-order chi connectivity index (χ1) is 9.38. The predicted octanol–water partition coefficient (Wildman–Crippen LogP) is 3.02. The number of rotatable bonds is 3. The summed E-state index contributed by atoms with van der Waals surface area (Å²) in [5, 5.41) is 12.2. The lowest BCUT2D eigenvalue weighted by Gasteiger charge is -2.05. The molecule has 2 heterocycles. The number of pyridine rings is 1. The van der Waals surface area contributed by atoms with Crippen LogP contribution in [0, 0.1) is 20.8 Å². The zero-order valence-electron chi connectivity index (χ0n) is 11.4. The Kier molecular flexibility index (Phi) is 3.85. The van der Waals surface area contributed by atoms with Gasteiger partial charge < -0.3 is 10.4 Å². The molecule has 20 heavy (non-hydrogen) atoms. The molecule has 104 valence electrons. The van der Waals surface area contributed by atoms with E-state index in [0.29, 0.717) is 21.8 Å². The van der Waals surface area contributed by atoms with Crippen LogP contribution in [0.4, 0.5) is 5.00 Å². The summed E-state index contributed by atoms with van der Waals surface area (Å²) in [4.78, 5) is 27.6. The lowest BCUT2D eigenvalue weighted by atomic mass is 10.2. The highest BCUT2D eigenvalue weighted by atomic mass is 32.1. The van der Waals surface area contributed by atoms with Gasteiger partial charge in [-0.25, -0.2) is 4.79 Å². The number of aromatic carboxylic acids is 1. The number of carbonyl (C=O) groups is 2. The van der Waals surface area contributed by atoms with Crippen molar-refractivity contribution in [2.75, 3.05) is 5.32 Å². The van der Waals surface area contributed by atoms with Crippen molar-refractivity contribution >= 4 is 28.2 Å². The molecule has 2 aromatic heterocycles. The van der Waals surface area contributed by atoms with Gasteiger partial charge in [-0.15, -0.1) is 11.3 Å². The Bertz CT molecular complexity index is 692. The summed E-state index contributed by atoms with van der Waals surface area (Å²) in [7, 11) is 0. The number of nitrogens with one attached hydrogen (secondary N) is 1. The fourth-order valence-corrected chi connectivity index (χ4v) is 2.77. The normalized spacial score (nSPS) is 10.3. The lowest BCUT2D eigenvalue weighted by Crippen LogP contribution is -2.13. The van der Waals surface area contributed by atoms with E-state index in [0.717, 1.165) is 17.0 Å². The minimum atomic E-state index is -0.985. The van der Waals surface area contributed by atoms with Gasteiger partial charge in [0.25, 0.3) is 5.91 Å². The minimum Gasteiger partial charge on any atom is -0.477 e. The Morgan fingerprint density at radius 2 is 1.95 bits per heavy atom. The van der Waals surface area contributed by atoms with E-state index in [4.69, 9.17) is 5.11 Å². The first-order valence-corrected chi connectivity index (χ1v) is 6.79. The predicted molar refractivity (Wildman–Crippen MR) is 77.7 cm³/mol. The van der Waals surface area contributed by atoms with Crippen molar-refractivity contribution in [3.05, 3.63) is 45.6 Å². The number of hydrogen-bond acceptors (Lipinski definition) is 4. The number of amides is 1. The molecule has 0 aromatic carbocycles. The van der Waals surface area contributed by atoms with Crippen molar-refractivity contribution in [2.24, 2.45) is 0 Å². The van der Waals surface area contributed by atoms with Gasteiger partial charge in [0.1, 0.15) is 4.88 Å². The fraction of sp³-hybridized carbons (Fsp3) is 0.214. The van der Waals surface area contributed by atoms with Crippen molar-refractivity contribution in [2.45, 2.75) is 20.8 Å². The molecule has 0 radical (unpaired) electrons. The van der Waals surface area contributed by atoms with E-state index in [-0.39, 0.29) is 10.8 Å². The van der Waals surface area contributed by atoms with E-state index in [1.807, 2.05) is 6.92 Å². The monoisotopic (exact) mass is 290 g/mol. The molecule has 5 nitrogen and oxygen atoms in total. The highest BCUT2D eigenvalue weighted by Crippen LogP contribution is 2.27. The van der Waals surface area contributed by atoms with Crippen LogP contribution >= 0.6 is 11.3 Å². The molecule has 0 unspecified atom stereocenters. The first-order valence-electron chi connectivity index (χ1n) is 5.98. The molecule has 0 aliphatic heterocycles. The van der Waals surface area contributed by atoms with Gasteiger partial charge >= 0.3 is 5.97 Å². The van der Waals surface area contributed by atoms with E-state index >= 15 is 0 Å². The topological polar surface area (TPSA) is 79.3 Å². The molecule has 2 N–H and O–H groups in total. The molecular formula is C14H14N2O3S. The third-order valence-corrected chi connectivity index (χ3v) is 3.96. The van der Waals surface area contributed by atoms with Crippen molar-refractivity contribution in [1.29, 1.82) is 0 Å². The molecule has 0 aliphatic carbocycles. The molecule has 0 saturated heterocycles. The molecule has 6 heteroatoms. The van der Waals surface area contributed by atoms with Gasteiger partial charge in [0.05, 0.1) is 16.3 Å². The number of carboxylic acid groups (broad SMARTS) is 1. The molecule has 0 fully saturated rings. The van der Waals surface area contributed by atoms with Gasteiger partial charge in [-0.05, 0) is 44.5 Å². The zero-order valence-corrected chi connectivity index (χ0v) is 12.2. The standard InChI is InChI=1S/C14H14N2O3S/c1-7-6-11(20-12(7)14(18)19)16-13(17)10-5-4-8(2)15-9(10)3/h4-6H,1-3H3,(H,16,17)(H,18,19). The van der Waals surface area contributed by atoms with Crippen molar-refractivity contribution in [3.8, 4) is 0 Å². The van der Waals surface area contributed by atoms with Crippen LogP contribution in [0.5, 0.6) is 0 Å². The van der Waals surface area contributed by atoms with Gasteiger partial charge in [0.2, 0.25) is 0 Å².